The van der Waals surface area contributed by atoms with Crippen LogP contribution >= 0.6 is 0 Å². The maximum absolute atomic E-state index is 13.0. The lowest BCUT2D eigenvalue weighted by Gasteiger charge is -2.19. The lowest BCUT2D eigenvalue weighted by Crippen LogP contribution is -2.25. The van der Waals surface area contributed by atoms with E-state index in [1.54, 1.807) is 6.07 Å². The lowest BCUT2D eigenvalue weighted by molar-refractivity contribution is -0.138. The number of rotatable bonds is 3. The second-order valence-electron chi connectivity index (χ2n) is 4.77. The van der Waals surface area contributed by atoms with Crippen LogP contribution in [0.3, 0.4) is 0 Å². The molecule has 1 aliphatic heterocycles. The van der Waals surface area contributed by atoms with Gasteiger partial charge in [-0.3, -0.25) is 0 Å². The molecule has 2 N–H and O–H groups in total. The van der Waals surface area contributed by atoms with Gasteiger partial charge in [-0.15, -0.1) is 0 Å². The molecule has 2 rings (SSSR count). The van der Waals surface area contributed by atoms with Crippen molar-refractivity contribution in [3.8, 4) is 0 Å². The largest absolute Gasteiger partial charge is 0.416 e. The summed E-state index contributed by atoms with van der Waals surface area (Å²) < 4.78 is 39.0. The Kier molecular flexibility index (Phi) is 3.52. The first kappa shape index (κ1) is 13.2. The molecule has 0 saturated heterocycles. The Hall–Kier alpha value is -1.23. The van der Waals surface area contributed by atoms with E-state index in [0.29, 0.717) is 24.2 Å². The quantitative estimate of drug-likeness (QED) is 0.870. The third-order valence-electron chi connectivity index (χ3n) is 3.49. The first-order chi connectivity index (χ1) is 8.43. The summed E-state index contributed by atoms with van der Waals surface area (Å²) in [5, 5.41) is 6.14. The van der Waals surface area contributed by atoms with E-state index >= 15 is 0 Å². The Morgan fingerprint density at radius 3 is 2.78 bits per heavy atom. The lowest BCUT2D eigenvalue weighted by atomic mass is 9.90. The third-order valence-corrected chi connectivity index (χ3v) is 3.49. The molecule has 0 aromatic heterocycles. The van der Waals surface area contributed by atoms with Gasteiger partial charge >= 0.3 is 6.18 Å². The van der Waals surface area contributed by atoms with Crippen LogP contribution in [0.15, 0.2) is 18.2 Å². The van der Waals surface area contributed by atoms with Crippen LogP contribution in [-0.2, 0) is 6.18 Å². The monoisotopic (exact) mass is 258 g/mol. The van der Waals surface area contributed by atoms with Gasteiger partial charge in [-0.1, -0.05) is 6.07 Å². The van der Waals surface area contributed by atoms with Crippen molar-refractivity contribution in [3.05, 3.63) is 29.3 Å². The van der Waals surface area contributed by atoms with Gasteiger partial charge in [-0.2, -0.15) is 13.2 Å². The standard InChI is InChI=1S/C13H17F3N2/c1-8(17-2)6-9-7-18-11-5-3-4-10(12(9)11)13(14,15)16/h3-5,8-9,17-18H,6-7H2,1-2H3. The van der Waals surface area contributed by atoms with Crippen molar-refractivity contribution in [1.82, 2.24) is 5.32 Å². The summed E-state index contributed by atoms with van der Waals surface area (Å²) in [6.45, 7) is 2.56. The van der Waals surface area contributed by atoms with Crippen molar-refractivity contribution in [3.63, 3.8) is 0 Å². The van der Waals surface area contributed by atoms with Crippen LogP contribution in [0.5, 0.6) is 0 Å². The fraction of sp³-hybridized carbons (Fsp3) is 0.538. The van der Waals surface area contributed by atoms with Crippen LogP contribution in [-0.4, -0.2) is 19.6 Å². The van der Waals surface area contributed by atoms with E-state index < -0.39 is 11.7 Å². The Morgan fingerprint density at radius 1 is 1.44 bits per heavy atom. The van der Waals surface area contributed by atoms with Crippen molar-refractivity contribution in [2.45, 2.75) is 31.5 Å². The molecule has 1 aliphatic rings. The predicted octanol–water partition coefficient (Wildman–Crippen LogP) is 3.21. The molecule has 2 atom stereocenters. The van der Waals surface area contributed by atoms with Crippen LogP contribution in [0.2, 0.25) is 0 Å². The highest BCUT2D eigenvalue weighted by Crippen LogP contribution is 2.43. The molecular formula is C13H17F3N2. The van der Waals surface area contributed by atoms with Crippen molar-refractivity contribution >= 4 is 5.69 Å². The molecule has 0 amide bonds. The number of anilines is 1. The number of hydrogen-bond acceptors (Lipinski definition) is 2. The molecule has 100 valence electrons. The predicted molar refractivity (Wildman–Crippen MR) is 65.8 cm³/mol. The Balaban J connectivity index is 2.35. The average molecular weight is 258 g/mol. The molecule has 1 aromatic carbocycles. The van der Waals surface area contributed by atoms with Gasteiger partial charge in [0.1, 0.15) is 0 Å². The normalized spacial score (nSPS) is 20.4. The van der Waals surface area contributed by atoms with Gasteiger partial charge in [-0.25, -0.2) is 0 Å². The second-order valence-corrected chi connectivity index (χ2v) is 4.77. The summed E-state index contributed by atoms with van der Waals surface area (Å²) in [7, 11) is 1.82. The number of nitrogens with one attached hydrogen (secondary N) is 2. The fourth-order valence-corrected chi connectivity index (χ4v) is 2.49. The van der Waals surface area contributed by atoms with Gasteiger partial charge < -0.3 is 10.6 Å². The smallest absolute Gasteiger partial charge is 0.384 e. The second kappa shape index (κ2) is 4.80. The zero-order chi connectivity index (χ0) is 13.3. The van der Waals surface area contributed by atoms with E-state index in [1.807, 2.05) is 14.0 Å². The minimum absolute atomic E-state index is 0.0831. The first-order valence-corrected chi connectivity index (χ1v) is 6.04. The maximum atomic E-state index is 13.0. The van der Waals surface area contributed by atoms with Crippen LogP contribution < -0.4 is 10.6 Å². The average Bonchev–Trinajstić information content (AvgIpc) is 2.71. The zero-order valence-electron chi connectivity index (χ0n) is 10.4. The van der Waals surface area contributed by atoms with Crippen LogP contribution in [0.4, 0.5) is 18.9 Å². The number of hydrogen-bond donors (Lipinski definition) is 2. The minimum atomic E-state index is -4.28. The maximum Gasteiger partial charge on any atom is 0.416 e. The van der Waals surface area contributed by atoms with Gasteiger partial charge in [0.15, 0.2) is 0 Å². The molecule has 0 spiro atoms. The summed E-state index contributed by atoms with van der Waals surface area (Å²) in [4.78, 5) is 0. The summed E-state index contributed by atoms with van der Waals surface area (Å²) in [5.74, 6) is -0.0831. The minimum Gasteiger partial charge on any atom is -0.384 e. The molecule has 1 heterocycles. The molecule has 2 unspecified atom stereocenters. The van der Waals surface area contributed by atoms with E-state index in [4.69, 9.17) is 0 Å². The Bertz CT molecular complexity index is 429. The van der Waals surface area contributed by atoms with Crippen molar-refractivity contribution in [2.24, 2.45) is 0 Å². The number of fused-ring (bicyclic) bond motifs is 1. The highest BCUT2D eigenvalue weighted by molar-refractivity contribution is 5.61. The molecule has 18 heavy (non-hydrogen) atoms. The molecule has 0 radical (unpaired) electrons. The first-order valence-electron chi connectivity index (χ1n) is 6.04. The molecule has 5 heteroatoms. The molecular weight excluding hydrogens is 241 g/mol. The highest BCUT2D eigenvalue weighted by atomic mass is 19.4. The third kappa shape index (κ3) is 2.46. The van der Waals surface area contributed by atoms with Crippen LogP contribution in [0, 0.1) is 0 Å². The number of benzene rings is 1. The molecule has 2 nitrogen and oxygen atoms in total. The topological polar surface area (TPSA) is 24.1 Å². The molecule has 1 aromatic rings. The van der Waals surface area contributed by atoms with Gasteiger partial charge in [0.05, 0.1) is 5.56 Å². The summed E-state index contributed by atoms with van der Waals surface area (Å²) >= 11 is 0. The Morgan fingerprint density at radius 2 is 2.17 bits per heavy atom. The highest BCUT2D eigenvalue weighted by Gasteiger charge is 2.38. The van der Waals surface area contributed by atoms with Crippen molar-refractivity contribution in [1.29, 1.82) is 0 Å². The SMILES string of the molecule is CNC(C)CC1CNc2cccc(C(F)(F)F)c21. The number of halogens is 3. The molecule has 0 bridgehead atoms. The van der Waals surface area contributed by atoms with E-state index in [0.717, 1.165) is 0 Å². The van der Waals surface area contributed by atoms with E-state index in [-0.39, 0.29) is 12.0 Å². The van der Waals surface area contributed by atoms with Gasteiger partial charge in [0.25, 0.3) is 0 Å². The van der Waals surface area contributed by atoms with E-state index in [1.165, 1.54) is 12.1 Å². The summed E-state index contributed by atoms with van der Waals surface area (Å²) in [5.41, 5.74) is 0.545. The van der Waals surface area contributed by atoms with E-state index in [9.17, 15) is 13.2 Å². The molecule has 0 fully saturated rings. The molecule has 0 saturated carbocycles. The Labute approximate surface area is 105 Å². The van der Waals surface area contributed by atoms with Gasteiger partial charge in [-0.05, 0) is 38.1 Å². The van der Waals surface area contributed by atoms with Crippen LogP contribution in [0.1, 0.15) is 30.4 Å². The van der Waals surface area contributed by atoms with Gasteiger partial charge in [0.2, 0.25) is 0 Å². The van der Waals surface area contributed by atoms with Crippen molar-refractivity contribution in [2.75, 3.05) is 18.9 Å². The summed E-state index contributed by atoms with van der Waals surface area (Å²) in [6.07, 6.45) is -3.58. The van der Waals surface area contributed by atoms with Gasteiger partial charge in [0, 0.05) is 24.2 Å². The molecule has 0 aliphatic carbocycles. The van der Waals surface area contributed by atoms with Crippen LogP contribution in [0.25, 0.3) is 0 Å². The summed E-state index contributed by atoms with van der Waals surface area (Å²) in [6, 6.07) is 4.54. The zero-order valence-corrected chi connectivity index (χ0v) is 10.4. The number of alkyl halides is 3. The van der Waals surface area contributed by atoms with Crippen molar-refractivity contribution < 1.29 is 13.2 Å². The fourth-order valence-electron chi connectivity index (χ4n) is 2.49. The van der Waals surface area contributed by atoms with E-state index in [2.05, 4.69) is 10.6 Å².